The Kier molecular flexibility index (Phi) is 6.30. The highest BCUT2D eigenvalue weighted by Gasteiger charge is 2.36. The number of likely N-dealkylation sites (tertiary alicyclic amines) is 1. The van der Waals surface area contributed by atoms with Crippen LogP contribution >= 0.6 is 0 Å². The predicted molar refractivity (Wildman–Crippen MR) is 95.3 cm³/mol. The van der Waals surface area contributed by atoms with Gasteiger partial charge >= 0.3 is 6.03 Å². The molecule has 3 amide bonds. The maximum Gasteiger partial charge on any atom is 0.321 e. The highest BCUT2D eigenvalue weighted by atomic mass is 16.5. The number of amides is 3. The van der Waals surface area contributed by atoms with Crippen molar-refractivity contribution in [1.82, 2.24) is 20.4 Å². The number of nitrogens with one attached hydrogen (secondary N) is 2. The van der Waals surface area contributed by atoms with Crippen molar-refractivity contribution in [3.05, 3.63) is 0 Å². The molecule has 1 saturated carbocycles. The topological polar surface area (TPSA) is 73.9 Å². The van der Waals surface area contributed by atoms with Crippen LogP contribution in [0.1, 0.15) is 39.0 Å². The summed E-state index contributed by atoms with van der Waals surface area (Å²) in [5.74, 6) is 0.252. The van der Waals surface area contributed by atoms with E-state index in [0.717, 1.165) is 45.3 Å². The number of carbonyl (C=O) groups excluding carboxylic acids is 2. The van der Waals surface area contributed by atoms with Crippen LogP contribution in [0, 0.1) is 5.92 Å². The summed E-state index contributed by atoms with van der Waals surface area (Å²) in [6, 6.07) is 0.0651. The lowest BCUT2D eigenvalue weighted by atomic mass is 9.86. The average molecular weight is 352 g/mol. The zero-order valence-corrected chi connectivity index (χ0v) is 15.5. The first-order valence-corrected chi connectivity index (χ1v) is 9.67. The molecule has 7 nitrogen and oxygen atoms in total. The van der Waals surface area contributed by atoms with Gasteiger partial charge in [-0.25, -0.2) is 4.79 Å². The zero-order chi connectivity index (χ0) is 17.8. The Bertz CT molecular complexity index is 487. The third-order valence-corrected chi connectivity index (χ3v) is 5.93. The largest absolute Gasteiger partial charge is 0.375 e. The molecule has 0 spiro atoms. The highest BCUT2D eigenvalue weighted by molar-refractivity contribution is 5.95. The quantitative estimate of drug-likeness (QED) is 0.786. The fourth-order valence-electron chi connectivity index (χ4n) is 4.38. The lowest BCUT2D eigenvalue weighted by Crippen LogP contribution is -2.61. The van der Waals surface area contributed by atoms with E-state index in [2.05, 4.69) is 34.4 Å². The molecule has 25 heavy (non-hydrogen) atoms. The average Bonchev–Trinajstić information content (AvgIpc) is 2.57. The Labute approximate surface area is 150 Å². The van der Waals surface area contributed by atoms with Gasteiger partial charge in [0, 0.05) is 31.7 Å². The van der Waals surface area contributed by atoms with Crippen molar-refractivity contribution in [2.24, 2.45) is 5.92 Å². The van der Waals surface area contributed by atoms with Gasteiger partial charge in [-0.3, -0.25) is 15.0 Å². The molecule has 3 aliphatic rings. The number of hydrogen-bond acceptors (Lipinski definition) is 5. The zero-order valence-electron chi connectivity index (χ0n) is 15.5. The Morgan fingerprint density at radius 1 is 1.16 bits per heavy atom. The summed E-state index contributed by atoms with van der Waals surface area (Å²) in [4.78, 5) is 28.9. The standard InChI is InChI=1S/C18H32N4O3/c1-13-5-3-4-6-14(13)19-18(24)20-17(23)12-22-9-10-25-16-7-8-21(2)11-15(16)22/h13-16H,3-12H2,1-2H3,(H2,19,20,23,24)/t13-,14+,15+,16+/m1/s1. The maximum absolute atomic E-state index is 12.3. The molecule has 7 heteroatoms. The Balaban J connectivity index is 1.47. The van der Waals surface area contributed by atoms with E-state index in [1.54, 1.807) is 0 Å². The van der Waals surface area contributed by atoms with Crippen molar-refractivity contribution >= 4 is 11.9 Å². The van der Waals surface area contributed by atoms with Gasteiger partial charge in [-0.15, -0.1) is 0 Å². The monoisotopic (exact) mass is 352 g/mol. The van der Waals surface area contributed by atoms with Gasteiger partial charge in [0.15, 0.2) is 0 Å². The molecule has 2 aliphatic heterocycles. The number of imide groups is 1. The van der Waals surface area contributed by atoms with Crippen molar-refractivity contribution in [2.75, 3.05) is 39.8 Å². The number of rotatable bonds is 3. The van der Waals surface area contributed by atoms with Crippen LogP contribution in [-0.4, -0.2) is 79.8 Å². The van der Waals surface area contributed by atoms with Crippen LogP contribution in [0.4, 0.5) is 4.79 Å². The summed E-state index contributed by atoms with van der Waals surface area (Å²) in [7, 11) is 2.10. The van der Waals surface area contributed by atoms with Crippen LogP contribution in [0.2, 0.25) is 0 Å². The van der Waals surface area contributed by atoms with Gasteiger partial charge in [-0.05, 0) is 32.2 Å². The predicted octanol–water partition coefficient (Wildman–Crippen LogP) is 0.796. The van der Waals surface area contributed by atoms with E-state index in [1.165, 1.54) is 6.42 Å². The first-order valence-electron chi connectivity index (χ1n) is 9.67. The van der Waals surface area contributed by atoms with Crippen LogP contribution in [-0.2, 0) is 9.53 Å². The molecule has 0 aromatic carbocycles. The van der Waals surface area contributed by atoms with Gasteiger partial charge in [0.05, 0.1) is 19.3 Å². The normalized spacial score (nSPS) is 34.2. The van der Waals surface area contributed by atoms with Gasteiger partial charge < -0.3 is 15.0 Å². The van der Waals surface area contributed by atoms with Gasteiger partial charge in [-0.2, -0.15) is 0 Å². The number of piperidine rings is 1. The number of likely N-dealkylation sites (N-methyl/N-ethyl adjacent to an activating group) is 1. The van der Waals surface area contributed by atoms with Gasteiger partial charge in [0.25, 0.3) is 0 Å². The number of nitrogens with zero attached hydrogens (tertiary/aromatic N) is 2. The summed E-state index contributed by atoms with van der Waals surface area (Å²) in [5, 5.41) is 5.49. The summed E-state index contributed by atoms with van der Waals surface area (Å²) in [5.41, 5.74) is 0. The second-order valence-corrected chi connectivity index (χ2v) is 7.89. The van der Waals surface area contributed by atoms with E-state index in [4.69, 9.17) is 4.74 Å². The molecule has 142 valence electrons. The molecule has 4 atom stereocenters. The smallest absolute Gasteiger partial charge is 0.321 e. The summed E-state index contributed by atoms with van der Waals surface area (Å²) in [6.45, 7) is 5.76. The Morgan fingerprint density at radius 2 is 1.96 bits per heavy atom. The van der Waals surface area contributed by atoms with Crippen molar-refractivity contribution in [3.8, 4) is 0 Å². The van der Waals surface area contributed by atoms with Crippen molar-refractivity contribution in [3.63, 3.8) is 0 Å². The van der Waals surface area contributed by atoms with Crippen molar-refractivity contribution in [2.45, 2.75) is 57.2 Å². The van der Waals surface area contributed by atoms with E-state index in [9.17, 15) is 9.59 Å². The molecule has 2 N–H and O–H groups in total. The number of morpholine rings is 1. The molecule has 0 aromatic rings. The molecule has 0 bridgehead atoms. The Morgan fingerprint density at radius 3 is 2.76 bits per heavy atom. The SMILES string of the molecule is C[C@@H]1CCCC[C@@H]1NC(=O)NC(=O)CN1CCO[C@H]2CCN(C)C[C@@H]21. The third kappa shape index (κ3) is 4.92. The van der Waals surface area contributed by atoms with Gasteiger partial charge in [0.1, 0.15) is 0 Å². The first-order chi connectivity index (χ1) is 12.0. The fourth-order valence-corrected chi connectivity index (χ4v) is 4.38. The van der Waals surface area contributed by atoms with Crippen LogP contribution in [0.3, 0.4) is 0 Å². The summed E-state index contributed by atoms with van der Waals surface area (Å²) in [6.07, 6.45) is 5.72. The molecule has 0 aromatic heterocycles. The second-order valence-electron chi connectivity index (χ2n) is 7.89. The number of hydrogen-bond donors (Lipinski definition) is 2. The molecular weight excluding hydrogens is 320 g/mol. The maximum atomic E-state index is 12.3. The lowest BCUT2D eigenvalue weighted by Gasteiger charge is -2.46. The van der Waals surface area contributed by atoms with E-state index in [-0.39, 0.29) is 36.7 Å². The molecule has 0 unspecified atom stereocenters. The Hall–Kier alpha value is -1.18. The molecule has 3 fully saturated rings. The molecule has 3 rings (SSSR count). The second kappa shape index (κ2) is 8.47. The lowest BCUT2D eigenvalue weighted by molar-refractivity contribution is -0.130. The summed E-state index contributed by atoms with van der Waals surface area (Å²) >= 11 is 0. The molecule has 2 saturated heterocycles. The molecular formula is C18H32N4O3. The minimum absolute atomic E-state index is 0.182. The van der Waals surface area contributed by atoms with Crippen LogP contribution in [0.15, 0.2) is 0 Å². The van der Waals surface area contributed by atoms with E-state index in [1.807, 2.05) is 0 Å². The number of ether oxygens (including phenoxy) is 1. The van der Waals surface area contributed by atoms with Gasteiger partial charge in [0.2, 0.25) is 5.91 Å². The van der Waals surface area contributed by atoms with Crippen molar-refractivity contribution in [1.29, 1.82) is 0 Å². The molecule has 2 heterocycles. The third-order valence-electron chi connectivity index (χ3n) is 5.93. The van der Waals surface area contributed by atoms with E-state index < -0.39 is 0 Å². The minimum atomic E-state index is -0.352. The van der Waals surface area contributed by atoms with E-state index >= 15 is 0 Å². The highest BCUT2D eigenvalue weighted by Crippen LogP contribution is 2.24. The van der Waals surface area contributed by atoms with Crippen LogP contribution < -0.4 is 10.6 Å². The fraction of sp³-hybridized carbons (Fsp3) is 0.889. The number of fused-ring (bicyclic) bond motifs is 1. The summed E-state index contributed by atoms with van der Waals surface area (Å²) < 4.78 is 5.86. The number of urea groups is 1. The minimum Gasteiger partial charge on any atom is -0.375 e. The van der Waals surface area contributed by atoms with Gasteiger partial charge in [-0.1, -0.05) is 19.8 Å². The molecule has 0 radical (unpaired) electrons. The van der Waals surface area contributed by atoms with Crippen LogP contribution in [0.5, 0.6) is 0 Å². The van der Waals surface area contributed by atoms with E-state index in [0.29, 0.717) is 12.5 Å². The van der Waals surface area contributed by atoms with Crippen LogP contribution in [0.25, 0.3) is 0 Å². The number of carbonyl (C=O) groups is 2. The van der Waals surface area contributed by atoms with Crippen molar-refractivity contribution < 1.29 is 14.3 Å². The first kappa shape index (κ1) is 18.6. The molecule has 1 aliphatic carbocycles.